The molecule has 3 heteroatoms. The summed E-state index contributed by atoms with van der Waals surface area (Å²) in [5, 5.41) is 2.12. The van der Waals surface area contributed by atoms with Gasteiger partial charge < -0.3 is 4.57 Å². The smallest absolute Gasteiger partial charge is 0.0991 e. The van der Waals surface area contributed by atoms with Gasteiger partial charge in [-0.2, -0.15) is 0 Å². The quantitative estimate of drug-likeness (QED) is 0.632. The van der Waals surface area contributed by atoms with Gasteiger partial charge in [-0.1, -0.05) is 0 Å². The molecule has 0 saturated heterocycles. The number of imidazole rings is 1. The number of hydrogen-bond acceptors (Lipinski definition) is 2. The minimum absolute atomic E-state index is 1.20. The molecule has 2 heterocycles. The van der Waals surface area contributed by atoms with Crippen molar-refractivity contribution in [2.45, 2.75) is 6.92 Å². The van der Waals surface area contributed by atoms with Crippen LogP contribution in [0, 0.1) is 6.92 Å². The first-order chi connectivity index (χ1) is 5.36. The molecule has 0 amide bonds. The van der Waals surface area contributed by atoms with E-state index in [0.29, 0.717) is 0 Å². The largest absolute Gasteiger partial charge is 0.305 e. The third-order valence-electron chi connectivity index (χ3n) is 1.52. The number of hydrogen-bond donors (Lipinski definition) is 0. The van der Waals surface area contributed by atoms with E-state index in [4.69, 9.17) is 0 Å². The molecule has 2 aromatic heterocycles. The lowest BCUT2D eigenvalue weighted by atomic mass is 10.4. The molecule has 0 aliphatic carbocycles. The van der Waals surface area contributed by atoms with Gasteiger partial charge in [-0.15, -0.1) is 11.3 Å². The Labute approximate surface area is 69.1 Å². The highest BCUT2D eigenvalue weighted by atomic mass is 32.1. The van der Waals surface area contributed by atoms with Crippen LogP contribution in [0.5, 0.6) is 0 Å². The fourth-order valence-electron chi connectivity index (χ4n) is 0.977. The van der Waals surface area contributed by atoms with Crippen LogP contribution in [0.15, 0.2) is 30.2 Å². The number of rotatable bonds is 1. The van der Waals surface area contributed by atoms with E-state index >= 15 is 0 Å². The van der Waals surface area contributed by atoms with Crippen LogP contribution in [0.2, 0.25) is 0 Å². The molecular weight excluding hydrogens is 156 g/mol. The summed E-state index contributed by atoms with van der Waals surface area (Å²) in [6.07, 6.45) is 5.54. The minimum Gasteiger partial charge on any atom is -0.305 e. The van der Waals surface area contributed by atoms with E-state index in [0.717, 1.165) is 0 Å². The number of aromatic nitrogens is 2. The van der Waals surface area contributed by atoms with Crippen molar-refractivity contribution in [3.63, 3.8) is 0 Å². The fourth-order valence-corrected chi connectivity index (χ4v) is 1.66. The predicted molar refractivity (Wildman–Crippen MR) is 46.2 cm³/mol. The van der Waals surface area contributed by atoms with Crippen LogP contribution in [0.4, 0.5) is 0 Å². The van der Waals surface area contributed by atoms with Gasteiger partial charge in [0, 0.05) is 22.7 Å². The molecule has 0 fully saturated rings. The van der Waals surface area contributed by atoms with Gasteiger partial charge in [-0.3, -0.25) is 0 Å². The molecule has 0 saturated carbocycles. The van der Waals surface area contributed by atoms with E-state index in [1.165, 1.54) is 10.6 Å². The molecule has 0 N–H and O–H groups in total. The molecule has 11 heavy (non-hydrogen) atoms. The third kappa shape index (κ3) is 1.19. The first-order valence-electron chi connectivity index (χ1n) is 3.40. The molecule has 0 aromatic carbocycles. The molecule has 0 bridgehead atoms. The van der Waals surface area contributed by atoms with Crippen LogP contribution in [0.3, 0.4) is 0 Å². The first-order valence-corrected chi connectivity index (χ1v) is 4.28. The van der Waals surface area contributed by atoms with Gasteiger partial charge >= 0.3 is 0 Å². The Hall–Kier alpha value is -1.09. The Morgan fingerprint density at radius 2 is 2.45 bits per heavy atom. The Bertz CT molecular complexity index is 335. The van der Waals surface area contributed by atoms with Crippen molar-refractivity contribution in [1.29, 1.82) is 0 Å². The van der Waals surface area contributed by atoms with Crippen LogP contribution in [0.25, 0.3) is 5.69 Å². The van der Waals surface area contributed by atoms with Crippen molar-refractivity contribution in [3.8, 4) is 5.69 Å². The zero-order valence-electron chi connectivity index (χ0n) is 6.19. The highest BCUT2D eigenvalue weighted by Crippen LogP contribution is 2.16. The van der Waals surface area contributed by atoms with Crippen LogP contribution < -0.4 is 0 Å². The molecule has 0 radical (unpaired) electrons. The lowest BCUT2D eigenvalue weighted by Gasteiger charge is -1.93. The maximum absolute atomic E-state index is 3.98. The summed E-state index contributed by atoms with van der Waals surface area (Å²) in [6.45, 7) is 2.10. The van der Waals surface area contributed by atoms with Gasteiger partial charge in [0.05, 0.1) is 12.0 Å². The van der Waals surface area contributed by atoms with Crippen molar-refractivity contribution >= 4 is 11.3 Å². The van der Waals surface area contributed by atoms with E-state index in [1.54, 1.807) is 17.5 Å². The second-order valence-corrected chi connectivity index (χ2v) is 3.50. The Kier molecular flexibility index (Phi) is 1.51. The van der Waals surface area contributed by atoms with E-state index in [2.05, 4.69) is 23.4 Å². The second-order valence-electron chi connectivity index (χ2n) is 2.39. The number of thiophene rings is 1. The topological polar surface area (TPSA) is 17.8 Å². The van der Waals surface area contributed by atoms with Gasteiger partial charge in [0.15, 0.2) is 0 Å². The van der Waals surface area contributed by atoms with Gasteiger partial charge in [0.1, 0.15) is 0 Å². The van der Waals surface area contributed by atoms with E-state index in [1.807, 2.05) is 17.1 Å². The molecule has 2 aromatic rings. The third-order valence-corrected chi connectivity index (χ3v) is 2.37. The van der Waals surface area contributed by atoms with Gasteiger partial charge in [-0.05, 0) is 13.0 Å². The SMILES string of the molecule is Cc1cc(-n2ccnc2)cs1. The van der Waals surface area contributed by atoms with Crippen molar-refractivity contribution < 1.29 is 0 Å². The number of nitrogens with zero attached hydrogens (tertiary/aromatic N) is 2. The molecule has 2 rings (SSSR count). The van der Waals surface area contributed by atoms with E-state index in [-0.39, 0.29) is 0 Å². The molecule has 0 atom stereocenters. The molecule has 56 valence electrons. The molecule has 2 nitrogen and oxygen atoms in total. The monoisotopic (exact) mass is 164 g/mol. The molecular formula is C8H8N2S. The fraction of sp³-hybridized carbons (Fsp3) is 0.125. The summed E-state index contributed by atoms with van der Waals surface area (Å²) < 4.78 is 2.00. The summed E-state index contributed by atoms with van der Waals surface area (Å²) in [7, 11) is 0. The first kappa shape index (κ1) is 6.61. The van der Waals surface area contributed by atoms with Crippen molar-refractivity contribution in [3.05, 3.63) is 35.0 Å². The molecule has 0 spiro atoms. The highest BCUT2D eigenvalue weighted by Gasteiger charge is 1.95. The maximum atomic E-state index is 3.98. The average Bonchev–Trinajstić information content (AvgIpc) is 2.55. The van der Waals surface area contributed by atoms with Crippen LogP contribution in [-0.4, -0.2) is 9.55 Å². The standard InChI is InChI=1S/C8H8N2S/c1-7-4-8(5-11-7)10-3-2-9-6-10/h2-6H,1H3. The van der Waals surface area contributed by atoms with Crippen molar-refractivity contribution in [1.82, 2.24) is 9.55 Å². The van der Waals surface area contributed by atoms with E-state index < -0.39 is 0 Å². The summed E-state index contributed by atoms with van der Waals surface area (Å²) in [6, 6.07) is 2.15. The van der Waals surface area contributed by atoms with Crippen molar-refractivity contribution in [2.75, 3.05) is 0 Å². The summed E-state index contributed by atoms with van der Waals surface area (Å²) in [4.78, 5) is 5.30. The summed E-state index contributed by atoms with van der Waals surface area (Å²) in [5.41, 5.74) is 1.20. The Morgan fingerprint density at radius 3 is 3.00 bits per heavy atom. The van der Waals surface area contributed by atoms with Crippen LogP contribution >= 0.6 is 11.3 Å². The minimum atomic E-state index is 1.20. The van der Waals surface area contributed by atoms with Crippen molar-refractivity contribution in [2.24, 2.45) is 0 Å². The highest BCUT2D eigenvalue weighted by molar-refractivity contribution is 7.10. The normalized spacial score (nSPS) is 10.3. The van der Waals surface area contributed by atoms with Crippen LogP contribution in [0.1, 0.15) is 4.88 Å². The maximum Gasteiger partial charge on any atom is 0.0991 e. The lowest BCUT2D eigenvalue weighted by molar-refractivity contribution is 1.06. The second kappa shape index (κ2) is 2.51. The van der Waals surface area contributed by atoms with Gasteiger partial charge in [0.25, 0.3) is 0 Å². The zero-order chi connectivity index (χ0) is 7.68. The summed E-state index contributed by atoms with van der Waals surface area (Å²) in [5.74, 6) is 0. The average molecular weight is 164 g/mol. The molecule has 0 aliphatic heterocycles. The van der Waals surface area contributed by atoms with Gasteiger partial charge in [0.2, 0.25) is 0 Å². The zero-order valence-corrected chi connectivity index (χ0v) is 7.01. The predicted octanol–water partition coefficient (Wildman–Crippen LogP) is 2.24. The van der Waals surface area contributed by atoms with Crippen LogP contribution in [-0.2, 0) is 0 Å². The Balaban J connectivity index is 2.45. The lowest BCUT2D eigenvalue weighted by Crippen LogP contribution is -1.84. The summed E-state index contributed by atoms with van der Waals surface area (Å²) >= 11 is 1.75. The number of aryl methyl sites for hydroxylation is 1. The molecule has 0 aliphatic rings. The molecule has 0 unspecified atom stereocenters. The van der Waals surface area contributed by atoms with Gasteiger partial charge in [-0.25, -0.2) is 4.98 Å². The Morgan fingerprint density at radius 1 is 1.55 bits per heavy atom. The van der Waals surface area contributed by atoms with E-state index in [9.17, 15) is 0 Å².